The quantitative estimate of drug-likeness (QED) is 0.810. The average Bonchev–Trinajstić information content (AvgIpc) is 3.26. The molecular weight excluding hydrogens is 310 g/mol. The van der Waals surface area contributed by atoms with E-state index in [0.29, 0.717) is 49.7 Å². The molecule has 7 nitrogen and oxygen atoms in total. The Morgan fingerprint density at radius 1 is 1.38 bits per heavy atom. The van der Waals surface area contributed by atoms with Crippen molar-refractivity contribution in [3.63, 3.8) is 0 Å². The van der Waals surface area contributed by atoms with Crippen molar-refractivity contribution in [3.8, 4) is 0 Å². The van der Waals surface area contributed by atoms with E-state index in [4.69, 9.17) is 9.26 Å². The molecule has 0 N–H and O–H groups in total. The lowest BCUT2D eigenvalue weighted by Crippen LogP contribution is -2.39. The standard InChI is InChI=1S/C17H25N3O4/c1-4-13-14(12(2)24-18-13)15(21)20-8-6-17(11-20)5-7-19(16(17)22)9-10-23-3/h4-11H2,1-3H3. The highest BCUT2D eigenvalue weighted by molar-refractivity contribution is 5.97. The van der Waals surface area contributed by atoms with Gasteiger partial charge >= 0.3 is 0 Å². The molecule has 2 fully saturated rings. The third-order valence-electron chi connectivity index (χ3n) is 5.29. The van der Waals surface area contributed by atoms with Crippen LogP contribution in [-0.4, -0.2) is 66.7 Å². The van der Waals surface area contributed by atoms with Gasteiger partial charge in [0.15, 0.2) is 0 Å². The molecule has 2 aliphatic rings. The molecule has 0 bridgehead atoms. The van der Waals surface area contributed by atoms with Crippen molar-refractivity contribution in [2.45, 2.75) is 33.1 Å². The molecule has 1 spiro atoms. The molecule has 0 aliphatic carbocycles. The van der Waals surface area contributed by atoms with Gasteiger partial charge in [-0.05, 0) is 26.2 Å². The minimum absolute atomic E-state index is 0.0642. The number of hydrogen-bond donors (Lipinski definition) is 0. The topological polar surface area (TPSA) is 75.9 Å². The first-order chi connectivity index (χ1) is 11.5. The molecule has 132 valence electrons. The second-order valence-electron chi connectivity index (χ2n) is 6.71. The number of ether oxygens (including phenoxy) is 1. The van der Waals surface area contributed by atoms with E-state index in [-0.39, 0.29) is 11.8 Å². The van der Waals surface area contributed by atoms with Gasteiger partial charge in [-0.25, -0.2) is 0 Å². The monoisotopic (exact) mass is 335 g/mol. The Balaban J connectivity index is 1.72. The molecule has 1 atom stereocenters. The van der Waals surface area contributed by atoms with Gasteiger partial charge in [-0.15, -0.1) is 0 Å². The SMILES string of the molecule is CCc1noc(C)c1C(=O)N1CCC2(CCN(CCOC)C2=O)C1. The van der Waals surface area contributed by atoms with Gasteiger partial charge in [0, 0.05) is 33.3 Å². The Hall–Kier alpha value is -1.89. The fourth-order valence-corrected chi connectivity index (χ4v) is 3.82. The average molecular weight is 335 g/mol. The highest BCUT2D eigenvalue weighted by Crippen LogP contribution is 2.41. The fraction of sp³-hybridized carbons (Fsp3) is 0.706. The van der Waals surface area contributed by atoms with E-state index in [1.807, 2.05) is 11.8 Å². The van der Waals surface area contributed by atoms with Crippen molar-refractivity contribution in [1.82, 2.24) is 15.0 Å². The van der Waals surface area contributed by atoms with Crippen LogP contribution < -0.4 is 0 Å². The van der Waals surface area contributed by atoms with Crippen LogP contribution in [0.25, 0.3) is 0 Å². The first-order valence-corrected chi connectivity index (χ1v) is 8.55. The van der Waals surface area contributed by atoms with E-state index in [2.05, 4.69) is 5.16 Å². The zero-order valence-corrected chi connectivity index (χ0v) is 14.6. The first kappa shape index (κ1) is 17.0. The van der Waals surface area contributed by atoms with Gasteiger partial charge in [0.2, 0.25) is 5.91 Å². The van der Waals surface area contributed by atoms with Crippen molar-refractivity contribution >= 4 is 11.8 Å². The maximum Gasteiger partial charge on any atom is 0.259 e. The van der Waals surface area contributed by atoms with Crippen LogP contribution in [0.2, 0.25) is 0 Å². The highest BCUT2D eigenvalue weighted by Gasteiger charge is 2.51. The van der Waals surface area contributed by atoms with Crippen molar-refractivity contribution in [2.75, 3.05) is 39.9 Å². The fourth-order valence-electron chi connectivity index (χ4n) is 3.82. The molecule has 2 saturated heterocycles. The summed E-state index contributed by atoms with van der Waals surface area (Å²) in [7, 11) is 1.64. The number of aryl methyl sites for hydroxylation is 2. The summed E-state index contributed by atoms with van der Waals surface area (Å²) in [6, 6.07) is 0. The lowest BCUT2D eigenvalue weighted by molar-refractivity contribution is -0.135. The molecule has 7 heteroatoms. The predicted molar refractivity (Wildman–Crippen MR) is 86.6 cm³/mol. The van der Waals surface area contributed by atoms with Crippen LogP contribution in [0.5, 0.6) is 0 Å². The number of rotatable bonds is 5. The van der Waals surface area contributed by atoms with Crippen LogP contribution in [-0.2, 0) is 16.0 Å². The largest absolute Gasteiger partial charge is 0.383 e. The zero-order valence-electron chi connectivity index (χ0n) is 14.6. The minimum atomic E-state index is -0.416. The second-order valence-corrected chi connectivity index (χ2v) is 6.71. The molecule has 1 aromatic rings. The molecule has 0 aromatic carbocycles. The summed E-state index contributed by atoms with van der Waals surface area (Å²) in [6.45, 7) is 6.72. The number of aromatic nitrogens is 1. The molecular formula is C17H25N3O4. The molecule has 1 aromatic heterocycles. The third kappa shape index (κ3) is 2.70. The van der Waals surface area contributed by atoms with E-state index >= 15 is 0 Å². The van der Waals surface area contributed by atoms with Gasteiger partial charge in [-0.1, -0.05) is 12.1 Å². The number of likely N-dealkylation sites (tertiary alicyclic amines) is 2. The third-order valence-corrected chi connectivity index (χ3v) is 5.29. The molecule has 24 heavy (non-hydrogen) atoms. The molecule has 0 radical (unpaired) electrons. The van der Waals surface area contributed by atoms with Gasteiger partial charge in [0.25, 0.3) is 5.91 Å². The van der Waals surface area contributed by atoms with E-state index in [9.17, 15) is 9.59 Å². The van der Waals surface area contributed by atoms with Crippen LogP contribution >= 0.6 is 0 Å². The number of hydrogen-bond acceptors (Lipinski definition) is 5. The summed E-state index contributed by atoms with van der Waals surface area (Å²) in [5, 5.41) is 3.96. The smallest absolute Gasteiger partial charge is 0.259 e. The molecule has 1 unspecified atom stereocenters. The van der Waals surface area contributed by atoms with Crippen molar-refractivity contribution < 1.29 is 18.8 Å². The lowest BCUT2D eigenvalue weighted by atomic mass is 9.85. The van der Waals surface area contributed by atoms with Crippen molar-refractivity contribution in [1.29, 1.82) is 0 Å². The Morgan fingerprint density at radius 3 is 2.83 bits per heavy atom. The minimum Gasteiger partial charge on any atom is -0.383 e. The van der Waals surface area contributed by atoms with E-state index in [0.717, 1.165) is 19.4 Å². The van der Waals surface area contributed by atoms with Crippen LogP contribution in [0.1, 0.15) is 41.6 Å². The number of amides is 2. The van der Waals surface area contributed by atoms with E-state index < -0.39 is 5.41 Å². The Bertz CT molecular complexity index is 642. The summed E-state index contributed by atoms with van der Waals surface area (Å²) >= 11 is 0. The molecule has 3 rings (SSSR count). The summed E-state index contributed by atoms with van der Waals surface area (Å²) < 4.78 is 10.3. The lowest BCUT2D eigenvalue weighted by Gasteiger charge is -2.23. The summed E-state index contributed by atoms with van der Waals surface area (Å²) in [5.74, 6) is 0.649. The zero-order chi connectivity index (χ0) is 17.3. The van der Waals surface area contributed by atoms with E-state index in [1.54, 1.807) is 18.9 Å². The summed E-state index contributed by atoms with van der Waals surface area (Å²) in [5.41, 5.74) is 0.843. The number of carbonyl (C=O) groups is 2. The maximum absolute atomic E-state index is 12.9. The van der Waals surface area contributed by atoms with Crippen molar-refractivity contribution in [3.05, 3.63) is 17.0 Å². The van der Waals surface area contributed by atoms with E-state index in [1.165, 1.54) is 0 Å². The molecule has 2 aliphatic heterocycles. The number of carbonyl (C=O) groups excluding carboxylic acids is 2. The Labute approximate surface area is 141 Å². The van der Waals surface area contributed by atoms with Crippen LogP contribution in [0, 0.1) is 12.3 Å². The van der Waals surface area contributed by atoms with Crippen molar-refractivity contribution in [2.24, 2.45) is 5.41 Å². The van der Waals surface area contributed by atoms with Gasteiger partial charge in [-0.2, -0.15) is 0 Å². The number of methoxy groups -OCH3 is 1. The normalized spacial score (nSPS) is 23.7. The Morgan fingerprint density at radius 2 is 2.12 bits per heavy atom. The molecule has 2 amide bonds. The summed E-state index contributed by atoms with van der Waals surface area (Å²) in [6.07, 6.45) is 2.19. The van der Waals surface area contributed by atoms with Gasteiger partial charge < -0.3 is 19.1 Å². The number of nitrogens with zero attached hydrogens (tertiary/aromatic N) is 3. The highest BCUT2D eigenvalue weighted by atomic mass is 16.5. The Kier molecular flexibility index (Phi) is 4.62. The second kappa shape index (κ2) is 6.55. The molecule has 3 heterocycles. The predicted octanol–water partition coefficient (Wildman–Crippen LogP) is 1.26. The van der Waals surface area contributed by atoms with Gasteiger partial charge in [0.05, 0.1) is 17.7 Å². The maximum atomic E-state index is 12.9. The van der Waals surface area contributed by atoms with Crippen LogP contribution in [0.3, 0.4) is 0 Å². The van der Waals surface area contributed by atoms with Gasteiger partial charge in [-0.3, -0.25) is 9.59 Å². The summed E-state index contributed by atoms with van der Waals surface area (Å²) in [4.78, 5) is 29.3. The first-order valence-electron chi connectivity index (χ1n) is 8.55. The van der Waals surface area contributed by atoms with Crippen LogP contribution in [0.15, 0.2) is 4.52 Å². The van der Waals surface area contributed by atoms with Gasteiger partial charge in [0.1, 0.15) is 11.3 Å². The molecule has 0 saturated carbocycles. The van der Waals surface area contributed by atoms with Crippen LogP contribution in [0.4, 0.5) is 0 Å².